The average molecular weight is 420 g/mol. The largest absolute Gasteiger partial charge is 0.339 e. The van der Waals surface area contributed by atoms with Gasteiger partial charge in [-0.25, -0.2) is 0 Å². The van der Waals surface area contributed by atoms with Crippen LogP contribution < -0.4 is 0 Å². The maximum Gasteiger partial charge on any atom is 0.261 e. The van der Waals surface area contributed by atoms with Crippen LogP contribution in [0.25, 0.3) is 0 Å². The van der Waals surface area contributed by atoms with Crippen LogP contribution in [0.15, 0.2) is 48.7 Å². The summed E-state index contributed by atoms with van der Waals surface area (Å²) in [4.78, 5) is 58.6. The second kappa shape index (κ2) is 9.07. The molecule has 8 nitrogen and oxygen atoms in total. The molecule has 0 spiro atoms. The fraction of sp³-hybridized carbons (Fsp3) is 0.348. The first-order valence-corrected chi connectivity index (χ1v) is 10.5. The van der Waals surface area contributed by atoms with E-state index >= 15 is 0 Å². The number of amides is 4. The van der Waals surface area contributed by atoms with Crippen LogP contribution in [0.5, 0.6) is 0 Å². The molecule has 0 atom stereocenters. The number of hydrogen-bond acceptors (Lipinski definition) is 5. The number of rotatable bonds is 6. The Hall–Kier alpha value is -3.55. The number of pyridine rings is 1. The van der Waals surface area contributed by atoms with Gasteiger partial charge in [0.05, 0.1) is 17.5 Å². The third kappa shape index (κ3) is 4.47. The van der Waals surface area contributed by atoms with E-state index < -0.39 is 0 Å². The highest BCUT2D eigenvalue weighted by Crippen LogP contribution is 2.22. The van der Waals surface area contributed by atoms with Crippen molar-refractivity contribution in [1.82, 2.24) is 19.7 Å². The van der Waals surface area contributed by atoms with Crippen LogP contribution in [0.3, 0.4) is 0 Å². The highest BCUT2D eigenvalue weighted by molar-refractivity contribution is 6.21. The molecule has 0 radical (unpaired) electrons. The number of aromatic nitrogens is 1. The number of piperazine rings is 1. The molecule has 0 bridgehead atoms. The van der Waals surface area contributed by atoms with Crippen LogP contribution in [0.4, 0.5) is 0 Å². The van der Waals surface area contributed by atoms with Crippen molar-refractivity contribution in [2.75, 3.05) is 32.7 Å². The zero-order valence-electron chi connectivity index (χ0n) is 17.2. The molecule has 31 heavy (non-hydrogen) atoms. The van der Waals surface area contributed by atoms with E-state index in [-0.39, 0.29) is 43.0 Å². The minimum atomic E-state index is -0.298. The van der Waals surface area contributed by atoms with Crippen LogP contribution in [0.2, 0.25) is 0 Å². The van der Waals surface area contributed by atoms with E-state index in [4.69, 9.17) is 0 Å². The van der Waals surface area contributed by atoms with E-state index in [9.17, 15) is 19.2 Å². The molecule has 3 heterocycles. The molecular weight excluding hydrogens is 396 g/mol. The van der Waals surface area contributed by atoms with Gasteiger partial charge in [0.2, 0.25) is 11.8 Å². The molecule has 0 unspecified atom stereocenters. The van der Waals surface area contributed by atoms with Gasteiger partial charge < -0.3 is 9.80 Å². The van der Waals surface area contributed by atoms with Gasteiger partial charge in [-0.1, -0.05) is 18.2 Å². The Morgan fingerprint density at radius 2 is 1.39 bits per heavy atom. The van der Waals surface area contributed by atoms with E-state index in [0.29, 0.717) is 43.7 Å². The number of fused-ring (bicyclic) bond motifs is 1. The third-order valence-corrected chi connectivity index (χ3v) is 5.69. The van der Waals surface area contributed by atoms with Crippen LogP contribution in [0, 0.1) is 0 Å². The number of carbonyl (C=O) groups excluding carboxylic acids is 4. The summed E-state index contributed by atoms with van der Waals surface area (Å²) >= 11 is 0. The van der Waals surface area contributed by atoms with Gasteiger partial charge in [-0.05, 0) is 30.7 Å². The summed E-state index contributed by atoms with van der Waals surface area (Å²) in [5.74, 6) is -0.606. The van der Waals surface area contributed by atoms with Crippen molar-refractivity contribution in [3.8, 4) is 0 Å². The molecule has 0 saturated carbocycles. The Morgan fingerprint density at radius 1 is 0.806 bits per heavy atom. The summed E-state index contributed by atoms with van der Waals surface area (Å²) in [6.07, 6.45) is 2.61. The van der Waals surface area contributed by atoms with Gasteiger partial charge in [0.1, 0.15) is 0 Å². The number of nitrogens with zero attached hydrogens (tertiary/aromatic N) is 4. The lowest BCUT2D eigenvalue weighted by Crippen LogP contribution is -2.51. The molecule has 160 valence electrons. The second-order valence-corrected chi connectivity index (χ2v) is 7.67. The smallest absolute Gasteiger partial charge is 0.261 e. The number of benzene rings is 1. The molecule has 0 aliphatic carbocycles. The SMILES string of the molecule is O=C(CCCN1C(=O)c2ccccc2C1=O)N1CCN(C(=O)Cc2ccccn2)CC1. The summed E-state index contributed by atoms with van der Waals surface area (Å²) in [6.45, 7) is 2.19. The monoisotopic (exact) mass is 420 g/mol. The van der Waals surface area contributed by atoms with Crippen molar-refractivity contribution in [3.63, 3.8) is 0 Å². The van der Waals surface area contributed by atoms with Crippen molar-refractivity contribution >= 4 is 23.6 Å². The van der Waals surface area contributed by atoms with Crippen LogP contribution in [-0.4, -0.2) is 76.0 Å². The van der Waals surface area contributed by atoms with E-state index in [1.807, 2.05) is 18.2 Å². The van der Waals surface area contributed by atoms with Crippen molar-refractivity contribution in [3.05, 3.63) is 65.5 Å². The molecule has 2 aromatic rings. The highest BCUT2D eigenvalue weighted by atomic mass is 16.2. The third-order valence-electron chi connectivity index (χ3n) is 5.69. The van der Waals surface area contributed by atoms with Gasteiger partial charge >= 0.3 is 0 Å². The maximum atomic E-state index is 12.5. The first-order chi connectivity index (χ1) is 15.0. The van der Waals surface area contributed by atoms with Crippen LogP contribution >= 0.6 is 0 Å². The predicted molar refractivity (Wildman–Crippen MR) is 112 cm³/mol. The number of carbonyl (C=O) groups is 4. The minimum absolute atomic E-state index is 0.0106. The molecule has 8 heteroatoms. The normalized spacial score (nSPS) is 15.9. The summed E-state index contributed by atoms with van der Waals surface area (Å²) in [5, 5.41) is 0. The molecule has 1 fully saturated rings. The van der Waals surface area contributed by atoms with Gasteiger partial charge in [-0.3, -0.25) is 29.1 Å². The van der Waals surface area contributed by atoms with Gasteiger partial charge in [-0.15, -0.1) is 0 Å². The van der Waals surface area contributed by atoms with Gasteiger partial charge in [0.25, 0.3) is 11.8 Å². The van der Waals surface area contributed by atoms with E-state index in [0.717, 1.165) is 5.69 Å². The fourth-order valence-electron chi connectivity index (χ4n) is 3.96. The number of imide groups is 1. The Morgan fingerprint density at radius 3 is 1.97 bits per heavy atom. The predicted octanol–water partition coefficient (Wildman–Crippen LogP) is 1.37. The fourth-order valence-corrected chi connectivity index (χ4v) is 3.96. The molecule has 2 aliphatic heterocycles. The minimum Gasteiger partial charge on any atom is -0.339 e. The number of hydrogen-bond donors (Lipinski definition) is 0. The molecule has 1 saturated heterocycles. The first-order valence-electron chi connectivity index (χ1n) is 10.5. The highest BCUT2D eigenvalue weighted by Gasteiger charge is 2.34. The summed E-state index contributed by atoms with van der Waals surface area (Å²) in [6, 6.07) is 12.3. The quantitative estimate of drug-likeness (QED) is 0.659. The van der Waals surface area contributed by atoms with Gasteiger partial charge in [-0.2, -0.15) is 0 Å². The lowest BCUT2D eigenvalue weighted by atomic mass is 10.1. The molecular formula is C23H24N4O4. The zero-order valence-corrected chi connectivity index (χ0v) is 17.2. The Bertz CT molecular complexity index is 965. The molecule has 1 aromatic heterocycles. The molecule has 0 N–H and O–H groups in total. The van der Waals surface area contributed by atoms with Crippen molar-refractivity contribution in [2.45, 2.75) is 19.3 Å². The lowest BCUT2D eigenvalue weighted by Gasteiger charge is -2.35. The van der Waals surface area contributed by atoms with Gasteiger partial charge in [0.15, 0.2) is 0 Å². The van der Waals surface area contributed by atoms with E-state index in [1.54, 1.807) is 40.3 Å². The summed E-state index contributed by atoms with van der Waals surface area (Å²) in [7, 11) is 0. The summed E-state index contributed by atoms with van der Waals surface area (Å²) in [5.41, 5.74) is 1.58. The topological polar surface area (TPSA) is 90.9 Å². The lowest BCUT2D eigenvalue weighted by molar-refractivity contribution is -0.139. The van der Waals surface area contributed by atoms with Crippen molar-refractivity contribution in [2.24, 2.45) is 0 Å². The van der Waals surface area contributed by atoms with Crippen LogP contribution in [-0.2, 0) is 16.0 Å². The zero-order chi connectivity index (χ0) is 21.8. The Kier molecular flexibility index (Phi) is 6.06. The summed E-state index contributed by atoms with van der Waals surface area (Å²) < 4.78 is 0. The van der Waals surface area contributed by atoms with E-state index in [2.05, 4.69) is 4.98 Å². The second-order valence-electron chi connectivity index (χ2n) is 7.67. The molecule has 4 rings (SSSR count). The first kappa shape index (κ1) is 20.7. The molecule has 1 aromatic carbocycles. The Labute approximate surface area is 180 Å². The molecule has 2 aliphatic rings. The van der Waals surface area contributed by atoms with Gasteiger partial charge in [0, 0.05) is 51.0 Å². The standard InChI is InChI=1S/C23H24N4O4/c28-20(9-5-11-27-22(30)18-7-1-2-8-19(18)23(27)31)25-12-14-26(15-13-25)21(29)16-17-6-3-4-10-24-17/h1-4,6-8,10H,5,9,11-16H2. The van der Waals surface area contributed by atoms with E-state index in [1.165, 1.54) is 4.90 Å². The maximum absolute atomic E-state index is 12.5. The Balaban J connectivity index is 1.21. The van der Waals surface area contributed by atoms with Crippen molar-refractivity contribution in [1.29, 1.82) is 0 Å². The van der Waals surface area contributed by atoms with Crippen molar-refractivity contribution < 1.29 is 19.2 Å². The van der Waals surface area contributed by atoms with Crippen LogP contribution in [0.1, 0.15) is 39.3 Å². The average Bonchev–Trinajstić information content (AvgIpc) is 3.05. The molecule has 4 amide bonds.